The average Bonchev–Trinajstić information content (AvgIpc) is 2.94. The maximum absolute atomic E-state index is 12.2. The van der Waals surface area contributed by atoms with Gasteiger partial charge in [-0.3, -0.25) is 4.79 Å². The summed E-state index contributed by atoms with van der Waals surface area (Å²) < 4.78 is 24.5. The minimum atomic E-state index is -3.32. The van der Waals surface area contributed by atoms with E-state index in [1.54, 1.807) is 0 Å². The molecule has 1 amide bonds. The van der Waals surface area contributed by atoms with E-state index in [9.17, 15) is 13.2 Å². The van der Waals surface area contributed by atoms with Crippen molar-refractivity contribution in [3.8, 4) is 0 Å². The molecule has 0 radical (unpaired) electrons. The van der Waals surface area contributed by atoms with Crippen LogP contribution in [0.2, 0.25) is 0 Å². The summed E-state index contributed by atoms with van der Waals surface area (Å²) in [6.07, 6.45) is 4.45. The van der Waals surface area contributed by atoms with Crippen LogP contribution in [-0.4, -0.2) is 44.0 Å². The van der Waals surface area contributed by atoms with Crippen LogP contribution in [0.1, 0.15) is 39.0 Å². The van der Waals surface area contributed by atoms with Gasteiger partial charge in [0.25, 0.3) is 0 Å². The van der Waals surface area contributed by atoms with Crippen LogP contribution in [-0.2, 0) is 14.6 Å². The molecule has 2 saturated carbocycles. The first-order valence-corrected chi connectivity index (χ1v) is 8.49. The Morgan fingerprint density at radius 3 is 2.56 bits per heavy atom. The average molecular weight is 274 g/mol. The van der Waals surface area contributed by atoms with Gasteiger partial charge in [-0.25, -0.2) is 8.42 Å². The lowest BCUT2D eigenvalue weighted by atomic mass is 10.2. The first-order valence-electron chi connectivity index (χ1n) is 6.77. The Labute approximate surface area is 109 Å². The van der Waals surface area contributed by atoms with Crippen molar-refractivity contribution in [2.24, 2.45) is 0 Å². The van der Waals surface area contributed by atoms with E-state index in [2.05, 4.69) is 10.6 Å². The summed E-state index contributed by atoms with van der Waals surface area (Å²) in [6, 6.07) is 0.245. The lowest BCUT2D eigenvalue weighted by Crippen LogP contribution is -2.44. The van der Waals surface area contributed by atoms with Crippen molar-refractivity contribution in [3.05, 3.63) is 0 Å². The van der Waals surface area contributed by atoms with Crippen LogP contribution in [0.4, 0.5) is 0 Å². The molecule has 2 fully saturated rings. The molecule has 6 heteroatoms. The number of carbonyl (C=O) groups is 1. The highest BCUT2D eigenvalue weighted by Crippen LogP contribution is 2.26. The van der Waals surface area contributed by atoms with E-state index >= 15 is 0 Å². The predicted octanol–water partition coefficient (Wildman–Crippen LogP) is 0.210. The molecule has 0 bridgehead atoms. The van der Waals surface area contributed by atoms with Crippen LogP contribution in [0.5, 0.6) is 0 Å². The van der Waals surface area contributed by atoms with Gasteiger partial charge in [0.1, 0.15) is 5.75 Å². The maximum atomic E-state index is 12.2. The van der Waals surface area contributed by atoms with Gasteiger partial charge in [0.15, 0.2) is 9.84 Å². The number of amides is 1. The van der Waals surface area contributed by atoms with E-state index in [4.69, 9.17) is 0 Å². The van der Waals surface area contributed by atoms with Gasteiger partial charge >= 0.3 is 0 Å². The van der Waals surface area contributed by atoms with E-state index in [0.29, 0.717) is 6.42 Å². The van der Waals surface area contributed by atoms with E-state index in [1.165, 1.54) is 0 Å². The fourth-order valence-electron chi connectivity index (χ4n) is 2.64. The third-order valence-corrected chi connectivity index (χ3v) is 5.81. The molecule has 18 heavy (non-hydrogen) atoms. The molecule has 0 aromatic rings. The molecule has 2 aliphatic carbocycles. The number of hydrogen-bond donors (Lipinski definition) is 2. The Kier molecular flexibility index (Phi) is 4.27. The fourth-order valence-corrected chi connectivity index (χ4v) is 4.56. The smallest absolute Gasteiger partial charge is 0.235 e. The van der Waals surface area contributed by atoms with Crippen molar-refractivity contribution in [1.82, 2.24) is 10.6 Å². The fraction of sp³-hybridized carbons (Fsp3) is 0.917. The number of carbonyl (C=O) groups excluding carboxylic acids is 1. The lowest BCUT2D eigenvalue weighted by molar-refractivity contribution is -0.118. The molecule has 0 heterocycles. The van der Waals surface area contributed by atoms with Gasteiger partial charge < -0.3 is 10.6 Å². The molecule has 2 N–H and O–H groups in total. The van der Waals surface area contributed by atoms with E-state index < -0.39 is 9.84 Å². The second-order valence-electron chi connectivity index (χ2n) is 5.28. The van der Waals surface area contributed by atoms with Crippen LogP contribution in [0, 0.1) is 0 Å². The largest absolute Gasteiger partial charge is 0.352 e. The van der Waals surface area contributed by atoms with Gasteiger partial charge in [-0.1, -0.05) is 13.3 Å². The molecule has 2 aliphatic rings. The molecule has 0 saturated heterocycles. The van der Waals surface area contributed by atoms with Crippen LogP contribution in [0.15, 0.2) is 0 Å². The number of sulfone groups is 1. The van der Waals surface area contributed by atoms with Crippen LogP contribution in [0.25, 0.3) is 0 Å². The van der Waals surface area contributed by atoms with Crippen LogP contribution >= 0.6 is 0 Å². The molecular formula is C12H22N2O3S. The van der Waals surface area contributed by atoms with Gasteiger partial charge in [-0.15, -0.1) is 0 Å². The molecular weight excluding hydrogens is 252 g/mol. The third kappa shape index (κ3) is 3.45. The minimum absolute atomic E-state index is 0.0220. The van der Waals surface area contributed by atoms with Crippen molar-refractivity contribution in [3.63, 3.8) is 0 Å². The number of hydrogen-bond acceptors (Lipinski definition) is 4. The highest BCUT2D eigenvalue weighted by molar-refractivity contribution is 7.92. The first kappa shape index (κ1) is 13.8. The zero-order valence-corrected chi connectivity index (χ0v) is 11.6. The quantitative estimate of drug-likeness (QED) is 0.726. The second-order valence-corrected chi connectivity index (χ2v) is 7.50. The van der Waals surface area contributed by atoms with Crippen molar-refractivity contribution in [1.29, 1.82) is 0 Å². The number of nitrogens with one attached hydrogen (secondary N) is 2. The van der Waals surface area contributed by atoms with Gasteiger partial charge in [0.2, 0.25) is 5.91 Å². The Morgan fingerprint density at radius 2 is 1.94 bits per heavy atom. The van der Waals surface area contributed by atoms with E-state index in [0.717, 1.165) is 32.2 Å². The Bertz CT molecular complexity index is 404. The van der Waals surface area contributed by atoms with Crippen molar-refractivity contribution in [2.75, 3.05) is 12.3 Å². The summed E-state index contributed by atoms with van der Waals surface area (Å²) in [4.78, 5) is 11.6. The molecule has 5 nitrogen and oxygen atoms in total. The monoisotopic (exact) mass is 274 g/mol. The Morgan fingerprint density at radius 1 is 1.22 bits per heavy atom. The molecule has 104 valence electrons. The summed E-state index contributed by atoms with van der Waals surface area (Å²) in [5.74, 6) is -0.685. The first-order chi connectivity index (χ1) is 8.53. The molecule has 0 aromatic carbocycles. The van der Waals surface area contributed by atoms with Gasteiger partial charge in [-0.05, 0) is 32.2 Å². The molecule has 2 unspecified atom stereocenters. The van der Waals surface area contributed by atoms with Gasteiger partial charge in [0.05, 0.1) is 5.25 Å². The van der Waals surface area contributed by atoms with Crippen LogP contribution < -0.4 is 10.6 Å². The van der Waals surface area contributed by atoms with Crippen molar-refractivity contribution < 1.29 is 13.2 Å². The molecule has 0 spiro atoms. The number of rotatable bonds is 6. The standard InChI is InChI=1S/C12H22N2O3S/c1-2-13-10-4-3-5-11(10)18(16,17)8-12(15)14-9-6-7-9/h9-11,13H,2-8H2,1H3,(H,14,15). The Hall–Kier alpha value is -0.620. The zero-order chi connectivity index (χ0) is 13.2. The van der Waals surface area contributed by atoms with Gasteiger partial charge in [-0.2, -0.15) is 0 Å². The highest BCUT2D eigenvalue weighted by Gasteiger charge is 2.38. The summed E-state index contributed by atoms with van der Waals surface area (Å²) in [7, 11) is -3.32. The third-order valence-electron chi connectivity index (χ3n) is 3.65. The summed E-state index contributed by atoms with van der Waals surface area (Å²) >= 11 is 0. The minimum Gasteiger partial charge on any atom is -0.352 e. The van der Waals surface area contributed by atoms with Crippen molar-refractivity contribution in [2.45, 2.75) is 56.4 Å². The van der Waals surface area contributed by atoms with Crippen LogP contribution in [0.3, 0.4) is 0 Å². The Balaban J connectivity index is 1.93. The van der Waals surface area contributed by atoms with E-state index in [1.807, 2.05) is 6.92 Å². The molecule has 2 rings (SSSR count). The molecule has 2 atom stereocenters. The topological polar surface area (TPSA) is 75.3 Å². The summed E-state index contributed by atoms with van der Waals surface area (Å²) in [6.45, 7) is 2.74. The lowest BCUT2D eigenvalue weighted by Gasteiger charge is -2.20. The van der Waals surface area contributed by atoms with Gasteiger partial charge in [0, 0.05) is 12.1 Å². The van der Waals surface area contributed by atoms with Crippen molar-refractivity contribution >= 4 is 15.7 Å². The second kappa shape index (κ2) is 5.57. The highest BCUT2D eigenvalue weighted by atomic mass is 32.2. The molecule has 0 aromatic heterocycles. The molecule has 0 aliphatic heterocycles. The summed E-state index contributed by atoms with van der Waals surface area (Å²) in [5.41, 5.74) is 0. The normalized spacial score (nSPS) is 28.3. The summed E-state index contributed by atoms with van der Waals surface area (Å²) in [5, 5.41) is 5.57. The maximum Gasteiger partial charge on any atom is 0.235 e. The van der Waals surface area contributed by atoms with E-state index in [-0.39, 0.29) is 29.0 Å². The zero-order valence-electron chi connectivity index (χ0n) is 10.8. The SMILES string of the molecule is CCNC1CCCC1S(=O)(=O)CC(=O)NC1CC1. The predicted molar refractivity (Wildman–Crippen MR) is 70.1 cm³/mol.